The summed E-state index contributed by atoms with van der Waals surface area (Å²) < 4.78 is 11.1. The molecular formula is C13H19NO3S. The number of ether oxygens (including phenoxy) is 2. The van der Waals surface area contributed by atoms with Gasteiger partial charge in [0.2, 0.25) is 0 Å². The molecule has 0 aliphatic carbocycles. The summed E-state index contributed by atoms with van der Waals surface area (Å²) in [4.78, 5) is 13.5. The maximum absolute atomic E-state index is 12.0. The average molecular weight is 269 g/mol. The van der Waals surface area contributed by atoms with E-state index in [4.69, 9.17) is 15.2 Å². The number of carbonyl (C=O) groups is 1. The molecule has 0 aromatic carbocycles. The highest BCUT2D eigenvalue weighted by Crippen LogP contribution is 2.27. The fraction of sp³-hybridized carbons (Fsp3) is 0.615. The molecule has 1 saturated heterocycles. The molecule has 0 radical (unpaired) electrons. The summed E-state index contributed by atoms with van der Waals surface area (Å²) in [6, 6.07) is 1.69. The number of aryl methyl sites for hydroxylation is 1. The van der Waals surface area contributed by atoms with Gasteiger partial charge < -0.3 is 15.2 Å². The van der Waals surface area contributed by atoms with E-state index >= 15 is 0 Å². The Balaban J connectivity index is 1.98. The minimum Gasteiger partial charge on any atom is -0.458 e. The molecule has 2 rings (SSSR count). The van der Waals surface area contributed by atoms with Gasteiger partial charge in [-0.25, -0.2) is 4.79 Å². The Kier molecular flexibility index (Phi) is 3.92. The van der Waals surface area contributed by atoms with E-state index in [1.165, 1.54) is 11.3 Å². The predicted molar refractivity (Wildman–Crippen MR) is 71.9 cm³/mol. The highest BCUT2D eigenvalue weighted by molar-refractivity contribution is 7.14. The van der Waals surface area contributed by atoms with Crippen LogP contribution < -0.4 is 5.73 Å². The van der Waals surface area contributed by atoms with Gasteiger partial charge in [0, 0.05) is 23.4 Å². The van der Waals surface area contributed by atoms with Crippen LogP contribution in [-0.4, -0.2) is 24.3 Å². The first-order valence-electron chi connectivity index (χ1n) is 6.18. The van der Waals surface area contributed by atoms with Crippen molar-refractivity contribution in [1.29, 1.82) is 0 Å². The fourth-order valence-electron chi connectivity index (χ4n) is 2.25. The van der Waals surface area contributed by atoms with Crippen molar-refractivity contribution in [3.05, 3.63) is 15.8 Å². The van der Waals surface area contributed by atoms with Crippen LogP contribution in [0.25, 0.3) is 0 Å². The highest BCUT2D eigenvalue weighted by Gasteiger charge is 2.28. The standard InChI is InChI=1S/C13H19NO3S/c1-7-4-10(5-8(2)16-7)17-13(15)12-6-11(14)9(3)18-12/h6-8,10H,4-5,14H2,1-3H3. The third kappa shape index (κ3) is 3.03. The average Bonchev–Trinajstić information content (AvgIpc) is 2.57. The van der Waals surface area contributed by atoms with E-state index in [1.807, 2.05) is 20.8 Å². The number of nitrogens with two attached hydrogens (primary N) is 1. The van der Waals surface area contributed by atoms with Gasteiger partial charge in [-0.2, -0.15) is 0 Å². The van der Waals surface area contributed by atoms with Crippen molar-refractivity contribution in [2.24, 2.45) is 0 Å². The lowest BCUT2D eigenvalue weighted by atomic mass is 10.0. The van der Waals surface area contributed by atoms with E-state index in [-0.39, 0.29) is 24.3 Å². The van der Waals surface area contributed by atoms with Gasteiger partial charge in [-0.15, -0.1) is 11.3 Å². The molecule has 1 aliphatic rings. The third-order valence-corrected chi connectivity index (χ3v) is 4.13. The predicted octanol–water partition coefficient (Wildman–Crippen LogP) is 2.75. The quantitative estimate of drug-likeness (QED) is 0.839. The van der Waals surface area contributed by atoms with Crippen molar-refractivity contribution in [3.63, 3.8) is 0 Å². The third-order valence-electron chi connectivity index (χ3n) is 3.09. The molecule has 2 unspecified atom stereocenters. The number of hydrogen-bond donors (Lipinski definition) is 1. The van der Waals surface area contributed by atoms with Crippen LogP contribution in [0.15, 0.2) is 6.07 Å². The lowest BCUT2D eigenvalue weighted by molar-refractivity contribution is -0.0854. The second-order valence-electron chi connectivity index (χ2n) is 4.88. The van der Waals surface area contributed by atoms with E-state index in [0.29, 0.717) is 10.6 Å². The SMILES string of the molecule is Cc1sc(C(=O)OC2CC(C)OC(C)C2)cc1N. The second kappa shape index (κ2) is 5.28. The maximum atomic E-state index is 12.0. The van der Waals surface area contributed by atoms with Gasteiger partial charge in [-0.1, -0.05) is 0 Å². The molecule has 0 spiro atoms. The van der Waals surface area contributed by atoms with Gasteiger partial charge in [0.05, 0.1) is 12.2 Å². The monoisotopic (exact) mass is 269 g/mol. The van der Waals surface area contributed by atoms with Crippen LogP contribution in [0.5, 0.6) is 0 Å². The molecule has 4 nitrogen and oxygen atoms in total. The Labute approximate surface area is 111 Å². The van der Waals surface area contributed by atoms with Crippen molar-refractivity contribution in [1.82, 2.24) is 0 Å². The van der Waals surface area contributed by atoms with Gasteiger partial charge in [0.15, 0.2) is 0 Å². The number of esters is 1. The molecule has 1 fully saturated rings. The fourth-order valence-corrected chi connectivity index (χ4v) is 3.07. The van der Waals surface area contributed by atoms with Gasteiger partial charge in [-0.3, -0.25) is 0 Å². The lowest BCUT2D eigenvalue weighted by Crippen LogP contribution is -2.35. The maximum Gasteiger partial charge on any atom is 0.348 e. The summed E-state index contributed by atoms with van der Waals surface area (Å²) in [5, 5.41) is 0. The zero-order valence-corrected chi connectivity index (χ0v) is 11.8. The number of anilines is 1. The number of carbonyl (C=O) groups excluding carboxylic acids is 1. The smallest absolute Gasteiger partial charge is 0.348 e. The Morgan fingerprint density at radius 3 is 2.56 bits per heavy atom. The van der Waals surface area contributed by atoms with Crippen LogP contribution >= 0.6 is 11.3 Å². The Morgan fingerprint density at radius 2 is 2.06 bits per heavy atom. The molecule has 1 aliphatic heterocycles. The van der Waals surface area contributed by atoms with E-state index in [1.54, 1.807) is 6.07 Å². The Bertz CT molecular complexity index is 414. The first-order valence-corrected chi connectivity index (χ1v) is 6.99. The van der Waals surface area contributed by atoms with Gasteiger partial charge in [-0.05, 0) is 26.8 Å². The van der Waals surface area contributed by atoms with E-state index in [2.05, 4.69) is 0 Å². The molecule has 0 amide bonds. The summed E-state index contributed by atoms with van der Waals surface area (Å²) in [6.45, 7) is 5.91. The molecule has 1 aromatic rings. The second-order valence-corrected chi connectivity index (χ2v) is 6.13. The molecule has 2 atom stereocenters. The zero-order valence-electron chi connectivity index (χ0n) is 10.9. The molecule has 0 bridgehead atoms. The van der Waals surface area contributed by atoms with Gasteiger partial charge >= 0.3 is 5.97 Å². The van der Waals surface area contributed by atoms with Crippen LogP contribution in [0, 0.1) is 6.92 Å². The summed E-state index contributed by atoms with van der Waals surface area (Å²) in [6.07, 6.45) is 1.74. The summed E-state index contributed by atoms with van der Waals surface area (Å²) in [5.41, 5.74) is 6.39. The van der Waals surface area contributed by atoms with Crippen molar-refractivity contribution in [3.8, 4) is 0 Å². The number of hydrogen-bond acceptors (Lipinski definition) is 5. The summed E-state index contributed by atoms with van der Waals surface area (Å²) >= 11 is 1.38. The first kappa shape index (κ1) is 13.4. The van der Waals surface area contributed by atoms with Crippen molar-refractivity contribution >= 4 is 23.0 Å². The minimum atomic E-state index is -0.272. The van der Waals surface area contributed by atoms with Crippen LogP contribution in [0.4, 0.5) is 5.69 Å². The van der Waals surface area contributed by atoms with Gasteiger partial charge in [0.25, 0.3) is 0 Å². The lowest BCUT2D eigenvalue weighted by Gasteiger charge is -2.31. The number of thiophene rings is 1. The summed E-state index contributed by atoms with van der Waals surface area (Å²) in [5.74, 6) is -0.272. The molecule has 0 saturated carbocycles. The minimum absolute atomic E-state index is 0.0557. The number of rotatable bonds is 2. The molecule has 100 valence electrons. The largest absolute Gasteiger partial charge is 0.458 e. The molecular weight excluding hydrogens is 250 g/mol. The Hall–Kier alpha value is -1.07. The van der Waals surface area contributed by atoms with Crippen LogP contribution in [0.3, 0.4) is 0 Å². The molecule has 18 heavy (non-hydrogen) atoms. The van der Waals surface area contributed by atoms with Gasteiger partial charge in [0.1, 0.15) is 11.0 Å². The van der Waals surface area contributed by atoms with Crippen LogP contribution in [0.2, 0.25) is 0 Å². The van der Waals surface area contributed by atoms with Crippen molar-refractivity contribution in [2.75, 3.05) is 5.73 Å². The molecule has 2 heterocycles. The molecule has 2 N–H and O–H groups in total. The molecule has 5 heteroatoms. The van der Waals surface area contributed by atoms with E-state index in [9.17, 15) is 4.79 Å². The normalized spacial score (nSPS) is 28.1. The van der Waals surface area contributed by atoms with E-state index in [0.717, 1.165) is 17.7 Å². The van der Waals surface area contributed by atoms with Crippen molar-refractivity contribution < 1.29 is 14.3 Å². The Morgan fingerprint density at radius 1 is 1.44 bits per heavy atom. The van der Waals surface area contributed by atoms with Crippen molar-refractivity contribution in [2.45, 2.75) is 51.9 Å². The number of nitrogen functional groups attached to an aromatic ring is 1. The van der Waals surface area contributed by atoms with E-state index < -0.39 is 0 Å². The van der Waals surface area contributed by atoms with Crippen LogP contribution in [-0.2, 0) is 9.47 Å². The van der Waals surface area contributed by atoms with Crippen LogP contribution in [0.1, 0.15) is 41.2 Å². The zero-order chi connectivity index (χ0) is 13.3. The topological polar surface area (TPSA) is 61.5 Å². The first-order chi connectivity index (χ1) is 8.45. The molecule has 1 aromatic heterocycles. The highest BCUT2D eigenvalue weighted by atomic mass is 32.1. The summed E-state index contributed by atoms with van der Waals surface area (Å²) in [7, 11) is 0.